The molecule has 0 aliphatic rings. The van der Waals surface area contributed by atoms with E-state index in [1.165, 1.54) is 12.1 Å². The Morgan fingerprint density at radius 2 is 1.83 bits per heavy atom. The number of nitro benzene ring substituents is 1. The standard InChI is InChI=1S/C15H13F3N2O4/c16-15(17,18)9-1-4-11(5-2-9)24-14-6-3-10(20(22)23)7-12(14)13(19)8-21/h1-7,13,21H,8,19H2/t13-/m0/s1. The van der Waals surface area contributed by atoms with E-state index in [9.17, 15) is 23.3 Å². The quantitative estimate of drug-likeness (QED) is 0.641. The van der Waals surface area contributed by atoms with Crippen molar-refractivity contribution in [2.75, 3.05) is 6.61 Å². The summed E-state index contributed by atoms with van der Waals surface area (Å²) in [5.41, 5.74) is 4.80. The molecule has 0 amide bonds. The summed E-state index contributed by atoms with van der Waals surface area (Å²) in [7, 11) is 0. The molecule has 0 spiro atoms. The van der Waals surface area contributed by atoms with Gasteiger partial charge in [-0.25, -0.2) is 0 Å². The lowest BCUT2D eigenvalue weighted by Crippen LogP contribution is -2.15. The monoisotopic (exact) mass is 342 g/mol. The van der Waals surface area contributed by atoms with Crippen LogP contribution in [0.25, 0.3) is 0 Å². The molecule has 0 bridgehead atoms. The van der Waals surface area contributed by atoms with Crippen molar-refractivity contribution in [3.05, 3.63) is 63.7 Å². The predicted octanol–water partition coefficient (Wildman–Crippen LogP) is 3.40. The molecule has 0 saturated carbocycles. The second kappa shape index (κ2) is 6.85. The topological polar surface area (TPSA) is 98.6 Å². The summed E-state index contributed by atoms with van der Waals surface area (Å²) < 4.78 is 43.1. The number of nitro groups is 1. The Balaban J connectivity index is 2.33. The Bertz CT molecular complexity index is 732. The smallest absolute Gasteiger partial charge is 0.416 e. The Morgan fingerprint density at radius 1 is 1.21 bits per heavy atom. The summed E-state index contributed by atoms with van der Waals surface area (Å²) in [6.07, 6.45) is -4.46. The SMILES string of the molecule is N[C@@H](CO)c1cc([N+](=O)[O-])ccc1Oc1ccc(C(F)(F)F)cc1. The third kappa shape index (κ3) is 4.00. The molecule has 6 nitrogen and oxygen atoms in total. The van der Waals surface area contributed by atoms with Gasteiger partial charge in [0.05, 0.1) is 23.1 Å². The average Bonchev–Trinajstić information content (AvgIpc) is 2.54. The normalized spacial score (nSPS) is 12.7. The zero-order valence-electron chi connectivity index (χ0n) is 12.2. The number of nitrogens with two attached hydrogens (primary N) is 1. The van der Waals surface area contributed by atoms with Crippen molar-refractivity contribution < 1.29 is 27.9 Å². The zero-order chi connectivity index (χ0) is 17.9. The van der Waals surface area contributed by atoms with E-state index in [1.807, 2.05) is 0 Å². The van der Waals surface area contributed by atoms with Crippen LogP contribution in [-0.2, 0) is 6.18 Å². The molecular weight excluding hydrogens is 329 g/mol. The molecule has 9 heteroatoms. The molecule has 1 atom stereocenters. The molecule has 2 aromatic carbocycles. The number of ether oxygens (including phenoxy) is 1. The van der Waals surface area contributed by atoms with Gasteiger partial charge in [0, 0.05) is 17.7 Å². The van der Waals surface area contributed by atoms with Crippen LogP contribution in [0, 0.1) is 10.1 Å². The Kier molecular flexibility index (Phi) is 5.05. The van der Waals surface area contributed by atoms with E-state index in [2.05, 4.69) is 0 Å². The van der Waals surface area contributed by atoms with E-state index in [-0.39, 0.29) is 22.7 Å². The summed E-state index contributed by atoms with van der Waals surface area (Å²) in [5, 5.41) is 20.0. The molecule has 3 N–H and O–H groups in total. The number of hydrogen-bond donors (Lipinski definition) is 2. The molecule has 128 valence electrons. The molecular formula is C15H13F3N2O4. The average molecular weight is 342 g/mol. The lowest BCUT2D eigenvalue weighted by molar-refractivity contribution is -0.385. The summed E-state index contributed by atoms with van der Waals surface area (Å²) >= 11 is 0. The second-order valence-corrected chi connectivity index (χ2v) is 4.89. The van der Waals surface area contributed by atoms with Crippen LogP contribution in [0.4, 0.5) is 18.9 Å². The largest absolute Gasteiger partial charge is 0.457 e. The third-order valence-corrected chi connectivity index (χ3v) is 3.21. The van der Waals surface area contributed by atoms with Gasteiger partial charge in [0.1, 0.15) is 11.5 Å². The number of halogens is 3. The molecule has 2 rings (SSSR count). The molecule has 0 aliphatic heterocycles. The number of non-ortho nitro benzene ring substituents is 1. The van der Waals surface area contributed by atoms with Gasteiger partial charge in [-0.1, -0.05) is 0 Å². The van der Waals surface area contributed by atoms with Crippen LogP contribution in [0.15, 0.2) is 42.5 Å². The first-order valence-corrected chi connectivity index (χ1v) is 6.72. The number of aliphatic hydroxyl groups is 1. The van der Waals surface area contributed by atoms with Gasteiger partial charge in [0.25, 0.3) is 5.69 Å². The van der Waals surface area contributed by atoms with Crippen LogP contribution in [0.5, 0.6) is 11.5 Å². The van der Waals surface area contributed by atoms with Gasteiger partial charge in [-0.3, -0.25) is 10.1 Å². The van der Waals surface area contributed by atoms with Crippen molar-refractivity contribution in [3.63, 3.8) is 0 Å². The molecule has 2 aromatic rings. The van der Waals surface area contributed by atoms with Crippen LogP contribution in [0.3, 0.4) is 0 Å². The van der Waals surface area contributed by atoms with Gasteiger partial charge in [0.2, 0.25) is 0 Å². The van der Waals surface area contributed by atoms with Crippen molar-refractivity contribution in [1.29, 1.82) is 0 Å². The fourth-order valence-electron chi connectivity index (χ4n) is 1.97. The molecule has 0 radical (unpaired) electrons. The fourth-order valence-corrected chi connectivity index (χ4v) is 1.97. The lowest BCUT2D eigenvalue weighted by Gasteiger charge is -2.15. The predicted molar refractivity (Wildman–Crippen MR) is 78.6 cm³/mol. The molecule has 0 heterocycles. The van der Waals surface area contributed by atoms with E-state index in [0.29, 0.717) is 0 Å². The van der Waals surface area contributed by atoms with E-state index in [0.717, 1.165) is 30.3 Å². The van der Waals surface area contributed by atoms with Crippen LogP contribution in [0.1, 0.15) is 17.2 Å². The van der Waals surface area contributed by atoms with Crippen LogP contribution >= 0.6 is 0 Å². The molecule has 0 fully saturated rings. The van der Waals surface area contributed by atoms with Crippen molar-refractivity contribution in [2.24, 2.45) is 5.73 Å². The maximum Gasteiger partial charge on any atom is 0.416 e. The van der Waals surface area contributed by atoms with Crippen molar-refractivity contribution in [3.8, 4) is 11.5 Å². The van der Waals surface area contributed by atoms with Crippen LogP contribution < -0.4 is 10.5 Å². The molecule has 0 saturated heterocycles. The number of benzene rings is 2. The van der Waals surface area contributed by atoms with Gasteiger partial charge in [0.15, 0.2) is 0 Å². The minimum absolute atomic E-state index is 0.100. The Hall–Kier alpha value is -2.65. The molecule has 0 unspecified atom stereocenters. The maximum atomic E-state index is 12.5. The number of rotatable bonds is 5. The fraction of sp³-hybridized carbons (Fsp3) is 0.200. The van der Waals surface area contributed by atoms with E-state index in [4.69, 9.17) is 15.6 Å². The highest BCUT2D eigenvalue weighted by Crippen LogP contribution is 2.34. The highest BCUT2D eigenvalue weighted by molar-refractivity contribution is 5.47. The first-order valence-electron chi connectivity index (χ1n) is 6.72. The van der Waals surface area contributed by atoms with Gasteiger partial charge < -0.3 is 15.6 Å². The summed E-state index contributed by atoms with van der Waals surface area (Å²) in [4.78, 5) is 10.2. The van der Waals surface area contributed by atoms with Gasteiger partial charge in [-0.2, -0.15) is 13.2 Å². The number of hydrogen-bond acceptors (Lipinski definition) is 5. The minimum Gasteiger partial charge on any atom is -0.457 e. The summed E-state index contributed by atoms with van der Waals surface area (Å²) in [5.74, 6) is 0.213. The van der Waals surface area contributed by atoms with Gasteiger partial charge >= 0.3 is 6.18 Å². The molecule has 24 heavy (non-hydrogen) atoms. The van der Waals surface area contributed by atoms with Crippen LogP contribution in [0.2, 0.25) is 0 Å². The first-order chi connectivity index (χ1) is 11.2. The van der Waals surface area contributed by atoms with Gasteiger partial charge in [-0.05, 0) is 30.3 Å². The van der Waals surface area contributed by atoms with Crippen molar-refractivity contribution in [1.82, 2.24) is 0 Å². The number of aliphatic hydroxyl groups excluding tert-OH is 1. The van der Waals surface area contributed by atoms with Crippen molar-refractivity contribution in [2.45, 2.75) is 12.2 Å². The zero-order valence-corrected chi connectivity index (χ0v) is 12.2. The van der Waals surface area contributed by atoms with Gasteiger partial charge in [-0.15, -0.1) is 0 Å². The van der Waals surface area contributed by atoms with E-state index in [1.54, 1.807) is 0 Å². The second-order valence-electron chi connectivity index (χ2n) is 4.89. The van der Waals surface area contributed by atoms with Crippen LogP contribution in [-0.4, -0.2) is 16.6 Å². The summed E-state index contributed by atoms with van der Waals surface area (Å²) in [6.45, 7) is -0.482. The van der Waals surface area contributed by atoms with E-state index < -0.39 is 29.3 Å². The first kappa shape index (κ1) is 17.7. The number of nitrogens with zero attached hydrogens (tertiary/aromatic N) is 1. The lowest BCUT2D eigenvalue weighted by atomic mass is 10.1. The molecule has 0 aliphatic carbocycles. The highest BCUT2D eigenvalue weighted by Gasteiger charge is 2.30. The Labute approximate surface area is 134 Å². The Morgan fingerprint density at radius 3 is 2.33 bits per heavy atom. The third-order valence-electron chi connectivity index (χ3n) is 3.21. The summed E-state index contributed by atoms with van der Waals surface area (Å²) in [6, 6.07) is 6.62. The van der Waals surface area contributed by atoms with E-state index >= 15 is 0 Å². The minimum atomic E-state index is -4.46. The maximum absolute atomic E-state index is 12.5. The number of alkyl halides is 3. The highest BCUT2D eigenvalue weighted by atomic mass is 19.4. The van der Waals surface area contributed by atoms with Crippen molar-refractivity contribution >= 4 is 5.69 Å². The molecule has 0 aromatic heterocycles.